The highest BCUT2D eigenvalue weighted by Gasteiger charge is 2.40. The molecule has 1 heterocycles. The Morgan fingerprint density at radius 2 is 1.64 bits per heavy atom. The lowest BCUT2D eigenvalue weighted by Crippen LogP contribution is -2.54. The lowest BCUT2D eigenvalue weighted by atomic mass is 10.00. The van der Waals surface area contributed by atoms with Crippen LogP contribution in [0, 0.1) is 0 Å². The first-order valence-corrected chi connectivity index (χ1v) is 15.7. The van der Waals surface area contributed by atoms with Crippen molar-refractivity contribution in [2.45, 2.75) is 63.1 Å². The van der Waals surface area contributed by atoms with Crippen molar-refractivity contribution in [3.63, 3.8) is 0 Å². The Hall–Kier alpha value is -3.40. The molecule has 222 valence electrons. The molecule has 0 aromatic heterocycles. The van der Waals surface area contributed by atoms with E-state index in [1.165, 1.54) is 17.0 Å². The predicted octanol–water partition coefficient (Wildman–Crippen LogP) is 5.47. The van der Waals surface area contributed by atoms with Gasteiger partial charge in [-0.05, 0) is 62.6 Å². The van der Waals surface area contributed by atoms with Gasteiger partial charge >= 0.3 is 0 Å². The van der Waals surface area contributed by atoms with Crippen molar-refractivity contribution in [1.29, 1.82) is 0 Å². The highest BCUT2D eigenvalue weighted by molar-refractivity contribution is 7.90. The van der Waals surface area contributed by atoms with E-state index in [1.54, 1.807) is 30.3 Å². The van der Waals surface area contributed by atoms with Gasteiger partial charge in [-0.2, -0.15) is 0 Å². The van der Waals surface area contributed by atoms with Crippen molar-refractivity contribution in [2.75, 3.05) is 6.54 Å². The Labute approximate surface area is 256 Å². The van der Waals surface area contributed by atoms with Crippen molar-refractivity contribution < 1.29 is 22.8 Å². The van der Waals surface area contributed by atoms with E-state index in [4.69, 9.17) is 23.2 Å². The number of carbonyl (C=O) groups excluding carboxylic acids is 3. The minimum atomic E-state index is -4.00. The number of sulfonamides is 1. The zero-order valence-corrected chi connectivity index (χ0v) is 26.0. The molecule has 3 aromatic rings. The second-order valence-corrected chi connectivity index (χ2v) is 13.9. The summed E-state index contributed by atoms with van der Waals surface area (Å²) in [5, 5.41) is 3.78. The molecule has 1 aliphatic heterocycles. The van der Waals surface area contributed by atoms with Crippen molar-refractivity contribution in [2.24, 2.45) is 0 Å². The summed E-state index contributed by atoms with van der Waals surface area (Å²) < 4.78 is 26.8. The molecule has 11 heteroatoms. The first-order chi connectivity index (χ1) is 19.8. The third kappa shape index (κ3) is 7.32. The molecule has 1 atom stereocenters. The van der Waals surface area contributed by atoms with Gasteiger partial charge < -0.3 is 10.2 Å². The predicted molar refractivity (Wildman–Crippen MR) is 163 cm³/mol. The Balaban J connectivity index is 1.61. The molecule has 0 saturated heterocycles. The summed E-state index contributed by atoms with van der Waals surface area (Å²) in [5.74, 6) is -1.33. The van der Waals surface area contributed by atoms with Crippen LogP contribution in [0.25, 0.3) is 0 Å². The number of amides is 3. The van der Waals surface area contributed by atoms with Crippen LogP contribution in [0.5, 0.6) is 0 Å². The number of rotatable bonds is 10. The van der Waals surface area contributed by atoms with E-state index in [-0.39, 0.29) is 54.6 Å². The molecular formula is C31H33Cl2N3O5S. The quantitative estimate of drug-likeness (QED) is 0.320. The average molecular weight is 631 g/mol. The van der Waals surface area contributed by atoms with E-state index < -0.39 is 27.5 Å². The molecule has 3 amide bonds. The van der Waals surface area contributed by atoms with E-state index in [0.717, 1.165) is 9.87 Å². The summed E-state index contributed by atoms with van der Waals surface area (Å²) in [4.78, 5) is 41.8. The number of nitrogens with one attached hydrogen (secondary N) is 1. The number of carbonyl (C=O) groups is 3. The van der Waals surface area contributed by atoms with E-state index >= 15 is 0 Å². The molecule has 0 bridgehead atoms. The monoisotopic (exact) mass is 629 g/mol. The lowest BCUT2D eigenvalue weighted by Gasteiger charge is -2.34. The minimum Gasteiger partial charge on any atom is -0.350 e. The summed E-state index contributed by atoms with van der Waals surface area (Å²) in [7, 11) is -4.00. The number of fused-ring (bicyclic) bond motifs is 1. The number of nitrogens with zero attached hydrogens (tertiary/aromatic N) is 2. The molecule has 0 fully saturated rings. The summed E-state index contributed by atoms with van der Waals surface area (Å²) >= 11 is 12.6. The van der Waals surface area contributed by atoms with Crippen LogP contribution in [-0.2, 0) is 32.6 Å². The van der Waals surface area contributed by atoms with Crippen LogP contribution in [0.15, 0.2) is 77.7 Å². The van der Waals surface area contributed by atoms with Crippen LogP contribution in [0.4, 0.5) is 0 Å². The molecule has 0 spiro atoms. The molecule has 42 heavy (non-hydrogen) atoms. The number of hydrogen-bond acceptors (Lipinski definition) is 5. The maximum Gasteiger partial charge on any atom is 0.269 e. The van der Waals surface area contributed by atoms with Crippen LogP contribution in [0.2, 0.25) is 10.0 Å². The van der Waals surface area contributed by atoms with Crippen molar-refractivity contribution in [3.05, 3.63) is 99.5 Å². The maximum absolute atomic E-state index is 13.9. The summed E-state index contributed by atoms with van der Waals surface area (Å²) in [6.07, 6.45) is 0.213. The van der Waals surface area contributed by atoms with Crippen molar-refractivity contribution in [3.8, 4) is 0 Å². The van der Waals surface area contributed by atoms with Gasteiger partial charge in [-0.3, -0.25) is 14.4 Å². The second kappa shape index (κ2) is 12.9. The molecule has 4 rings (SSSR count). The minimum absolute atomic E-state index is 0.0241. The number of hydrogen-bond donors (Lipinski definition) is 1. The van der Waals surface area contributed by atoms with E-state index in [2.05, 4.69) is 5.32 Å². The number of benzene rings is 3. The summed E-state index contributed by atoms with van der Waals surface area (Å²) in [5.41, 5.74) is 1.02. The van der Waals surface area contributed by atoms with Crippen LogP contribution >= 0.6 is 23.2 Å². The fraction of sp³-hybridized carbons (Fsp3) is 0.323. The zero-order chi connectivity index (χ0) is 30.7. The maximum atomic E-state index is 13.9. The van der Waals surface area contributed by atoms with Crippen LogP contribution in [-0.4, -0.2) is 53.5 Å². The van der Waals surface area contributed by atoms with Gasteiger partial charge in [0.2, 0.25) is 11.8 Å². The van der Waals surface area contributed by atoms with Gasteiger partial charge in [0.25, 0.3) is 15.9 Å². The SMILES string of the molecule is CC(C)(C)NC(=O)[C@@H](Cc1ccccc1)N(Cc1ccc(Cl)cc1Cl)C(=O)CCCN1C(=O)c2ccccc2S1(=O)=O. The standard InChI is InChI=1S/C31H33Cl2N3O5S/c1-31(2,3)34-29(38)26(18-21-10-5-4-6-11-21)35(20-22-15-16-23(32)19-25(22)33)28(37)14-9-17-36-30(39)24-12-7-8-13-27(24)42(36,40)41/h4-8,10-13,15-16,19,26H,9,14,17-18,20H2,1-3H3,(H,34,38)/t26-/m1/s1. The van der Waals surface area contributed by atoms with Crippen LogP contribution in [0.3, 0.4) is 0 Å². The molecule has 0 unspecified atom stereocenters. The van der Waals surface area contributed by atoms with Gasteiger partial charge in [0.15, 0.2) is 0 Å². The van der Waals surface area contributed by atoms with E-state index in [0.29, 0.717) is 15.6 Å². The molecule has 0 aliphatic carbocycles. The molecule has 0 saturated carbocycles. The van der Waals surface area contributed by atoms with Crippen molar-refractivity contribution >= 4 is 50.9 Å². The van der Waals surface area contributed by atoms with Gasteiger partial charge in [-0.25, -0.2) is 12.7 Å². The topological polar surface area (TPSA) is 104 Å². The van der Waals surface area contributed by atoms with Gasteiger partial charge in [0.1, 0.15) is 10.9 Å². The van der Waals surface area contributed by atoms with Gasteiger partial charge in [-0.1, -0.05) is 71.7 Å². The first-order valence-electron chi connectivity index (χ1n) is 13.5. The molecule has 8 nitrogen and oxygen atoms in total. The van der Waals surface area contributed by atoms with E-state index in [1.807, 2.05) is 51.1 Å². The van der Waals surface area contributed by atoms with Crippen LogP contribution in [0.1, 0.15) is 55.1 Å². The van der Waals surface area contributed by atoms with Crippen molar-refractivity contribution in [1.82, 2.24) is 14.5 Å². The van der Waals surface area contributed by atoms with E-state index in [9.17, 15) is 22.8 Å². The molecule has 1 N–H and O–H groups in total. The normalized spacial score (nSPS) is 14.8. The van der Waals surface area contributed by atoms with Gasteiger partial charge in [0.05, 0.1) is 5.56 Å². The Kier molecular flexibility index (Phi) is 9.65. The van der Waals surface area contributed by atoms with Gasteiger partial charge in [-0.15, -0.1) is 0 Å². The highest BCUT2D eigenvalue weighted by Crippen LogP contribution is 2.30. The second-order valence-electron chi connectivity index (χ2n) is 11.2. The largest absolute Gasteiger partial charge is 0.350 e. The van der Waals surface area contributed by atoms with Gasteiger partial charge in [0, 0.05) is 41.5 Å². The molecule has 0 radical (unpaired) electrons. The third-order valence-corrected chi connectivity index (χ3v) is 9.22. The fourth-order valence-electron chi connectivity index (χ4n) is 4.81. The lowest BCUT2D eigenvalue weighted by molar-refractivity contribution is -0.142. The Morgan fingerprint density at radius 1 is 0.976 bits per heavy atom. The number of halogens is 2. The molecule has 1 aliphatic rings. The fourth-order valence-corrected chi connectivity index (χ4v) is 6.89. The third-order valence-electron chi connectivity index (χ3n) is 6.79. The molecular weight excluding hydrogens is 597 g/mol. The zero-order valence-electron chi connectivity index (χ0n) is 23.6. The van der Waals surface area contributed by atoms with Crippen LogP contribution < -0.4 is 5.32 Å². The Morgan fingerprint density at radius 3 is 2.29 bits per heavy atom. The molecule has 3 aromatic carbocycles. The first kappa shape index (κ1) is 31.5. The summed E-state index contributed by atoms with van der Waals surface area (Å²) in [6, 6.07) is 19.4. The highest BCUT2D eigenvalue weighted by atomic mass is 35.5. The average Bonchev–Trinajstić information content (AvgIpc) is 3.11. The smallest absolute Gasteiger partial charge is 0.269 e. The Bertz CT molecular complexity index is 1590. The summed E-state index contributed by atoms with van der Waals surface area (Å²) in [6.45, 7) is 5.43.